The minimum absolute atomic E-state index is 0.647. The van der Waals surface area contributed by atoms with Crippen LogP contribution < -0.4 is 0 Å². The van der Waals surface area contributed by atoms with E-state index in [0.29, 0.717) is 5.89 Å². The molecular formula is C43H35NOS. The summed E-state index contributed by atoms with van der Waals surface area (Å²) in [6.07, 6.45) is 0. The summed E-state index contributed by atoms with van der Waals surface area (Å²) >= 11 is 1.89. The van der Waals surface area contributed by atoms with Crippen LogP contribution in [0.5, 0.6) is 0 Å². The third-order valence-electron chi connectivity index (χ3n) is 9.24. The van der Waals surface area contributed by atoms with Gasteiger partial charge in [-0.2, -0.15) is 0 Å². The minimum atomic E-state index is 0.647. The van der Waals surface area contributed by atoms with Crippen molar-refractivity contribution in [2.24, 2.45) is 0 Å². The topological polar surface area (TPSA) is 26.0 Å². The molecule has 3 heteroatoms. The van der Waals surface area contributed by atoms with Crippen molar-refractivity contribution in [3.05, 3.63) is 137 Å². The normalized spacial score (nSPS) is 11.7. The lowest BCUT2D eigenvalue weighted by Crippen LogP contribution is -1.91. The molecule has 2 heterocycles. The van der Waals surface area contributed by atoms with Gasteiger partial charge in [-0.3, -0.25) is 0 Å². The highest BCUT2D eigenvalue weighted by Crippen LogP contribution is 2.45. The van der Waals surface area contributed by atoms with E-state index >= 15 is 0 Å². The highest BCUT2D eigenvalue weighted by molar-refractivity contribution is 7.26. The molecule has 0 bridgehead atoms. The van der Waals surface area contributed by atoms with Crippen LogP contribution >= 0.6 is 11.3 Å². The largest absolute Gasteiger partial charge is 0.436 e. The van der Waals surface area contributed by atoms with Crippen LogP contribution in [0.3, 0.4) is 0 Å². The van der Waals surface area contributed by atoms with Crippen molar-refractivity contribution in [1.82, 2.24) is 4.98 Å². The molecule has 0 N–H and O–H groups in total. The number of fused-ring (bicyclic) bond motifs is 4. The second kappa shape index (κ2) is 10.8. The Kier molecular flexibility index (Phi) is 6.70. The van der Waals surface area contributed by atoms with E-state index in [4.69, 9.17) is 9.40 Å². The standard InChI is InChI=1S/C43H35NOS/c1-24-17-26(3)40(27(4)18-24)32-15-16-39-35(21-32)36-23-33(41-28(5)19-25(2)20-29(41)6)22-34(42(36)46-39)30-11-13-31(14-12-30)43-44-37-9-7-8-10-38(37)45-43/h7-23H,1-6H3. The number of thiophene rings is 1. The average Bonchev–Trinajstić information content (AvgIpc) is 3.62. The van der Waals surface area contributed by atoms with Gasteiger partial charge in [-0.15, -0.1) is 11.3 Å². The van der Waals surface area contributed by atoms with Gasteiger partial charge in [0, 0.05) is 31.3 Å². The molecule has 2 nitrogen and oxygen atoms in total. The van der Waals surface area contributed by atoms with E-state index in [-0.39, 0.29) is 0 Å². The smallest absolute Gasteiger partial charge is 0.227 e. The lowest BCUT2D eigenvalue weighted by Gasteiger charge is -2.15. The van der Waals surface area contributed by atoms with Crippen LogP contribution in [0.25, 0.3) is 76.1 Å². The van der Waals surface area contributed by atoms with E-state index in [1.807, 2.05) is 35.6 Å². The molecule has 0 aliphatic heterocycles. The third kappa shape index (κ3) is 4.74. The predicted octanol–water partition coefficient (Wildman–Crippen LogP) is 12.7. The number of oxazole rings is 1. The number of para-hydroxylation sites is 2. The zero-order valence-electron chi connectivity index (χ0n) is 27.1. The summed E-state index contributed by atoms with van der Waals surface area (Å²) < 4.78 is 8.70. The van der Waals surface area contributed by atoms with Crippen LogP contribution in [0.1, 0.15) is 33.4 Å². The summed E-state index contributed by atoms with van der Waals surface area (Å²) in [5, 5.41) is 2.62. The van der Waals surface area contributed by atoms with Crippen LogP contribution in [0.4, 0.5) is 0 Å². The quantitative estimate of drug-likeness (QED) is 0.197. The van der Waals surface area contributed by atoms with E-state index in [1.165, 1.54) is 86.9 Å². The van der Waals surface area contributed by atoms with E-state index in [1.54, 1.807) is 0 Å². The Hall–Kier alpha value is -4.99. The summed E-state index contributed by atoms with van der Waals surface area (Å²) in [5.74, 6) is 0.647. The average molecular weight is 614 g/mol. The maximum absolute atomic E-state index is 6.08. The minimum Gasteiger partial charge on any atom is -0.436 e. The summed E-state index contributed by atoms with van der Waals surface area (Å²) in [6.45, 7) is 13.3. The summed E-state index contributed by atoms with van der Waals surface area (Å²) in [4.78, 5) is 4.73. The molecule has 0 spiro atoms. The number of rotatable bonds is 4. The van der Waals surface area contributed by atoms with Crippen molar-refractivity contribution in [2.75, 3.05) is 0 Å². The van der Waals surface area contributed by atoms with Crippen LogP contribution in [-0.4, -0.2) is 4.98 Å². The van der Waals surface area contributed by atoms with Crippen molar-refractivity contribution < 1.29 is 4.42 Å². The highest BCUT2D eigenvalue weighted by atomic mass is 32.1. The Bertz CT molecular complexity index is 2400. The Morgan fingerprint density at radius 1 is 0.522 bits per heavy atom. The van der Waals surface area contributed by atoms with Crippen LogP contribution in [-0.2, 0) is 0 Å². The summed E-state index contributed by atoms with van der Waals surface area (Å²) in [6, 6.07) is 37.7. The first kappa shape index (κ1) is 28.5. The van der Waals surface area contributed by atoms with Crippen molar-refractivity contribution in [2.45, 2.75) is 41.5 Å². The Labute approximate surface area is 274 Å². The molecule has 0 fully saturated rings. The van der Waals surface area contributed by atoms with Gasteiger partial charge in [0.15, 0.2) is 5.58 Å². The molecule has 0 saturated heterocycles. The fraction of sp³-hybridized carbons (Fsp3) is 0.140. The van der Waals surface area contributed by atoms with Gasteiger partial charge >= 0.3 is 0 Å². The monoisotopic (exact) mass is 613 g/mol. The second-order valence-electron chi connectivity index (χ2n) is 12.8. The number of aryl methyl sites for hydroxylation is 6. The molecule has 0 radical (unpaired) electrons. The molecule has 0 aliphatic carbocycles. The molecule has 46 heavy (non-hydrogen) atoms. The molecule has 6 aromatic carbocycles. The molecular weight excluding hydrogens is 579 g/mol. The van der Waals surface area contributed by atoms with E-state index in [9.17, 15) is 0 Å². The van der Waals surface area contributed by atoms with Crippen molar-refractivity contribution in [3.8, 4) is 44.8 Å². The molecule has 8 aromatic rings. The Morgan fingerprint density at radius 2 is 1.09 bits per heavy atom. The summed E-state index contributed by atoms with van der Waals surface area (Å²) in [7, 11) is 0. The van der Waals surface area contributed by atoms with Crippen molar-refractivity contribution in [3.63, 3.8) is 0 Å². The summed E-state index contributed by atoms with van der Waals surface area (Å²) in [5.41, 5.74) is 18.1. The van der Waals surface area contributed by atoms with Gasteiger partial charge in [-0.05, 0) is 140 Å². The number of nitrogens with zero attached hydrogens (tertiary/aromatic N) is 1. The van der Waals surface area contributed by atoms with Gasteiger partial charge in [0.25, 0.3) is 0 Å². The van der Waals surface area contributed by atoms with Gasteiger partial charge < -0.3 is 4.42 Å². The molecule has 8 rings (SSSR count). The second-order valence-corrected chi connectivity index (χ2v) is 13.9. The van der Waals surface area contributed by atoms with Gasteiger partial charge in [-0.25, -0.2) is 4.98 Å². The Balaban J connectivity index is 1.35. The first-order chi connectivity index (χ1) is 22.2. The van der Waals surface area contributed by atoms with E-state index < -0.39 is 0 Å². The fourth-order valence-corrected chi connectivity index (χ4v) is 8.65. The number of hydrogen-bond donors (Lipinski definition) is 0. The molecule has 0 saturated carbocycles. The zero-order chi connectivity index (χ0) is 31.7. The van der Waals surface area contributed by atoms with Gasteiger partial charge in [0.1, 0.15) is 5.52 Å². The lowest BCUT2D eigenvalue weighted by molar-refractivity contribution is 0.620. The molecule has 0 unspecified atom stereocenters. The van der Waals surface area contributed by atoms with Crippen molar-refractivity contribution in [1.29, 1.82) is 0 Å². The number of aromatic nitrogens is 1. The number of hydrogen-bond acceptors (Lipinski definition) is 3. The maximum Gasteiger partial charge on any atom is 0.227 e. The SMILES string of the molecule is Cc1cc(C)c(-c2ccc3sc4c(-c5ccc(-c6nc7ccccc7o6)cc5)cc(-c5c(C)cc(C)cc5C)cc4c3c2)c(C)c1. The highest BCUT2D eigenvalue weighted by Gasteiger charge is 2.18. The predicted molar refractivity (Wildman–Crippen MR) is 197 cm³/mol. The number of benzene rings is 6. The fourth-order valence-electron chi connectivity index (χ4n) is 7.45. The van der Waals surface area contributed by atoms with E-state index in [2.05, 4.69) is 120 Å². The molecule has 224 valence electrons. The van der Waals surface area contributed by atoms with Gasteiger partial charge in [0.05, 0.1) is 0 Å². The third-order valence-corrected chi connectivity index (χ3v) is 10.5. The van der Waals surface area contributed by atoms with Gasteiger partial charge in [0.2, 0.25) is 5.89 Å². The molecule has 0 aliphatic rings. The van der Waals surface area contributed by atoms with Crippen LogP contribution in [0.15, 0.2) is 108 Å². The molecule has 0 amide bonds. The molecule has 2 aromatic heterocycles. The zero-order valence-corrected chi connectivity index (χ0v) is 27.9. The van der Waals surface area contributed by atoms with Crippen molar-refractivity contribution >= 4 is 42.6 Å². The molecule has 0 atom stereocenters. The Morgan fingerprint density at radius 3 is 1.74 bits per heavy atom. The van der Waals surface area contributed by atoms with Crippen LogP contribution in [0, 0.1) is 41.5 Å². The van der Waals surface area contributed by atoms with Crippen LogP contribution in [0.2, 0.25) is 0 Å². The maximum atomic E-state index is 6.08. The first-order valence-corrected chi connectivity index (χ1v) is 16.7. The first-order valence-electron chi connectivity index (χ1n) is 15.9. The van der Waals surface area contributed by atoms with Gasteiger partial charge in [-0.1, -0.05) is 65.7 Å². The lowest BCUT2D eigenvalue weighted by atomic mass is 9.89. The van der Waals surface area contributed by atoms with E-state index in [0.717, 1.165) is 16.7 Å².